The van der Waals surface area contributed by atoms with Crippen LogP contribution in [0.1, 0.15) is 71.6 Å². The number of nitrogens with one attached hydrogen (secondary N) is 3. The topological polar surface area (TPSA) is 223 Å². The fraction of sp³-hybridized carbons (Fsp3) is 0.438. The SMILES string of the molecule is CC(O[C@@H](C[C@H](Cc1ccc(-c2ccccn2)cc1)NC(=O)[C@@H](NC(=O)O)C(C)(C)C)[C@H](Cc1ccccc1)NC(=O)[C@@H](N1CCN(Cc2ccccc2)C1=O)C(C)(C)C)O[PH](O)(O)O. The molecule has 0 spiro atoms. The molecular weight excluding hydrogens is 852 g/mol. The number of carbonyl (C=O) groups is 4. The van der Waals surface area contributed by atoms with Gasteiger partial charge in [0.25, 0.3) is 0 Å². The number of carbonyl (C=O) groups excluding carboxylic acids is 3. The molecule has 0 radical (unpaired) electrons. The Kier molecular flexibility index (Phi) is 17.2. The van der Waals surface area contributed by atoms with Gasteiger partial charge in [0.15, 0.2) is 0 Å². The zero-order valence-electron chi connectivity index (χ0n) is 38.2. The Hall–Kier alpha value is -5.48. The number of urea groups is 1. The number of hydrogen-bond donors (Lipinski definition) is 7. The number of pyridine rings is 1. The van der Waals surface area contributed by atoms with E-state index in [1.807, 2.05) is 124 Å². The molecule has 4 aromatic rings. The number of rotatable bonds is 20. The summed E-state index contributed by atoms with van der Waals surface area (Å²) in [5.41, 5.74) is 2.60. The second-order valence-corrected chi connectivity index (χ2v) is 20.1. The summed E-state index contributed by atoms with van der Waals surface area (Å²) >= 11 is 0. The molecule has 6 atom stereocenters. The average molecular weight is 917 g/mol. The molecule has 1 fully saturated rings. The Labute approximate surface area is 382 Å². The van der Waals surface area contributed by atoms with Crippen LogP contribution in [0, 0.1) is 10.8 Å². The molecule has 65 heavy (non-hydrogen) atoms. The molecule has 1 unspecified atom stereocenters. The van der Waals surface area contributed by atoms with Crippen molar-refractivity contribution in [2.24, 2.45) is 10.8 Å². The van der Waals surface area contributed by atoms with E-state index in [9.17, 15) is 39.0 Å². The monoisotopic (exact) mass is 916 g/mol. The molecule has 5 amide bonds. The molecule has 1 saturated heterocycles. The van der Waals surface area contributed by atoms with Crippen LogP contribution in [-0.2, 0) is 38.2 Å². The van der Waals surface area contributed by atoms with Crippen LogP contribution in [0.2, 0.25) is 0 Å². The van der Waals surface area contributed by atoms with Crippen molar-refractivity contribution in [2.75, 3.05) is 13.1 Å². The standard InChI is InChI=1S/C48H65N6O10P/c1-32(64-65(60,61)62)63-40(30-37(50-43(55)41(47(2,3)4)52-45(57)58)28-34-21-23-36(24-22-34)38-20-14-15-25-49-38)39(29-33-16-10-8-11-17-33)51-44(56)42(48(5,6)7)54-27-26-53(46(54)59)31-35-18-12-9-13-19-35/h8-25,32,37,39-42,52,60-62,65H,26-31H2,1-7H3,(H,50,55)(H,51,56)(H,57,58)/t32?,37-,39-,40-,41+,42+/m0/s1. The first-order chi connectivity index (χ1) is 30.6. The Morgan fingerprint density at radius 1 is 0.738 bits per heavy atom. The molecule has 7 N–H and O–H groups in total. The Bertz CT molecular complexity index is 2170. The van der Waals surface area contributed by atoms with E-state index in [2.05, 4.69) is 20.9 Å². The maximum atomic E-state index is 15.0. The summed E-state index contributed by atoms with van der Waals surface area (Å²) in [6.45, 7) is 13.3. The van der Waals surface area contributed by atoms with Crippen molar-refractivity contribution in [3.8, 4) is 11.3 Å². The molecular formula is C48H65N6O10P. The average Bonchev–Trinajstić information content (AvgIpc) is 3.56. The molecule has 5 rings (SSSR count). The van der Waals surface area contributed by atoms with Crippen LogP contribution >= 0.6 is 8.17 Å². The number of nitrogens with zero attached hydrogens (tertiary/aromatic N) is 3. The molecule has 3 aromatic carbocycles. The van der Waals surface area contributed by atoms with Crippen LogP contribution in [0.25, 0.3) is 11.3 Å². The van der Waals surface area contributed by atoms with Crippen molar-refractivity contribution in [1.82, 2.24) is 30.7 Å². The van der Waals surface area contributed by atoms with Gasteiger partial charge < -0.3 is 0 Å². The minimum absolute atomic E-state index is 0.0341. The maximum absolute atomic E-state index is 15.0. The summed E-state index contributed by atoms with van der Waals surface area (Å²) in [7, 11) is -5.14. The van der Waals surface area contributed by atoms with Crippen molar-refractivity contribution in [1.29, 1.82) is 0 Å². The van der Waals surface area contributed by atoms with Gasteiger partial charge in [-0.3, -0.25) is 4.98 Å². The van der Waals surface area contributed by atoms with Gasteiger partial charge in [0.05, 0.1) is 0 Å². The molecule has 17 heteroatoms. The molecule has 1 aromatic heterocycles. The number of ether oxygens (including phenoxy) is 1. The molecule has 2 heterocycles. The zero-order valence-corrected chi connectivity index (χ0v) is 39.2. The molecule has 352 valence electrons. The van der Waals surface area contributed by atoms with Gasteiger partial charge in [-0.2, -0.15) is 0 Å². The van der Waals surface area contributed by atoms with Gasteiger partial charge in [-0.05, 0) is 17.7 Å². The van der Waals surface area contributed by atoms with E-state index in [0.29, 0.717) is 19.6 Å². The Morgan fingerprint density at radius 3 is 1.89 bits per heavy atom. The normalized spacial score (nSPS) is 16.5. The predicted octanol–water partition coefficient (Wildman–Crippen LogP) is 6.06. The Morgan fingerprint density at radius 2 is 1.34 bits per heavy atom. The van der Waals surface area contributed by atoms with Gasteiger partial charge in [-0.25, -0.2) is 0 Å². The van der Waals surface area contributed by atoms with E-state index in [0.717, 1.165) is 27.9 Å². The molecule has 0 aliphatic carbocycles. The van der Waals surface area contributed by atoms with Gasteiger partial charge in [0, 0.05) is 6.20 Å². The summed E-state index contributed by atoms with van der Waals surface area (Å²) in [5.74, 6) is -1.07. The fourth-order valence-corrected chi connectivity index (χ4v) is 8.70. The van der Waals surface area contributed by atoms with E-state index in [-0.39, 0.29) is 25.3 Å². The number of aromatic nitrogens is 1. The van der Waals surface area contributed by atoms with Crippen molar-refractivity contribution in [2.45, 2.75) is 111 Å². The summed E-state index contributed by atoms with van der Waals surface area (Å²) in [6.07, 6.45) is -1.83. The van der Waals surface area contributed by atoms with E-state index in [1.165, 1.54) is 6.92 Å². The van der Waals surface area contributed by atoms with Crippen LogP contribution < -0.4 is 16.0 Å². The van der Waals surface area contributed by atoms with Gasteiger partial charge in [0.1, 0.15) is 0 Å². The van der Waals surface area contributed by atoms with E-state index >= 15 is 0 Å². The van der Waals surface area contributed by atoms with E-state index in [4.69, 9.17) is 9.26 Å². The van der Waals surface area contributed by atoms with Crippen molar-refractivity contribution < 1.29 is 48.2 Å². The fourth-order valence-electron chi connectivity index (χ4n) is 8.20. The first-order valence-electron chi connectivity index (χ1n) is 21.8. The second kappa shape index (κ2) is 22.1. The van der Waals surface area contributed by atoms with Crippen LogP contribution in [0.5, 0.6) is 0 Å². The first kappa shape index (κ1) is 50.5. The summed E-state index contributed by atoms with van der Waals surface area (Å²) in [6, 6.07) is 28.0. The van der Waals surface area contributed by atoms with Gasteiger partial charge in [-0.1, -0.05) is 36.4 Å². The predicted molar refractivity (Wildman–Crippen MR) is 249 cm³/mol. The van der Waals surface area contributed by atoms with E-state index < -0.39 is 73.5 Å². The molecule has 16 nitrogen and oxygen atoms in total. The number of benzene rings is 3. The third-order valence-corrected chi connectivity index (χ3v) is 11.8. The minimum atomic E-state index is -5.14. The quantitative estimate of drug-likeness (QED) is 0.0399. The second-order valence-electron chi connectivity index (χ2n) is 18.7. The third kappa shape index (κ3) is 15.3. The Balaban J connectivity index is 1.54. The summed E-state index contributed by atoms with van der Waals surface area (Å²) < 4.78 is 11.6. The first-order valence-corrected chi connectivity index (χ1v) is 23.6. The van der Waals surface area contributed by atoms with Gasteiger partial charge >= 0.3 is 318 Å². The molecule has 0 saturated carbocycles. The number of carboxylic acid groups (broad SMARTS) is 1. The number of amides is 5. The van der Waals surface area contributed by atoms with Crippen LogP contribution in [-0.4, -0.2) is 108 Å². The number of hydrogen-bond acceptors (Lipinski definition) is 10. The molecule has 1 aliphatic heterocycles. The van der Waals surface area contributed by atoms with Crippen molar-refractivity contribution >= 4 is 32.1 Å². The van der Waals surface area contributed by atoms with Crippen LogP contribution in [0.15, 0.2) is 109 Å². The van der Waals surface area contributed by atoms with E-state index in [1.54, 1.807) is 36.8 Å². The van der Waals surface area contributed by atoms with Gasteiger partial charge in [-0.15, -0.1) is 0 Å². The summed E-state index contributed by atoms with van der Waals surface area (Å²) in [5, 5.41) is 18.4. The molecule has 0 bridgehead atoms. The third-order valence-electron chi connectivity index (χ3n) is 11.1. The van der Waals surface area contributed by atoms with Crippen molar-refractivity contribution in [3.63, 3.8) is 0 Å². The van der Waals surface area contributed by atoms with Crippen LogP contribution in [0.3, 0.4) is 0 Å². The van der Waals surface area contributed by atoms with Crippen LogP contribution in [0.4, 0.5) is 9.59 Å². The summed E-state index contributed by atoms with van der Waals surface area (Å²) in [4.78, 5) is 92.8. The molecule has 1 aliphatic rings. The van der Waals surface area contributed by atoms with Gasteiger partial charge in [0.2, 0.25) is 0 Å². The zero-order chi connectivity index (χ0) is 47.5. The van der Waals surface area contributed by atoms with Crippen molar-refractivity contribution in [3.05, 3.63) is 126 Å².